The van der Waals surface area contributed by atoms with Crippen LogP contribution < -0.4 is 9.47 Å². The molecule has 146 valence electrons. The molecule has 1 aromatic carbocycles. The number of methoxy groups -OCH3 is 2. The zero-order valence-corrected chi connectivity index (χ0v) is 16.0. The van der Waals surface area contributed by atoms with Crippen LogP contribution in [0, 0.1) is 0 Å². The molecule has 3 aromatic rings. The molecule has 1 saturated heterocycles. The lowest BCUT2D eigenvalue weighted by molar-refractivity contribution is 0.216. The number of hydrogen-bond acceptors (Lipinski definition) is 9. The molecule has 28 heavy (non-hydrogen) atoms. The minimum atomic E-state index is -3.66. The average Bonchev–Trinajstić information content (AvgIpc) is 3.16. The maximum Gasteiger partial charge on any atom is 0.243 e. The molecule has 0 N–H and O–H groups in total. The van der Waals surface area contributed by atoms with Gasteiger partial charge in [0.25, 0.3) is 0 Å². The van der Waals surface area contributed by atoms with Gasteiger partial charge in [0.15, 0.2) is 11.5 Å². The second-order valence-electron chi connectivity index (χ2n) is 6.06. The molecule has 0 amide bonds. The molecular weight excluding hydrogens is 386 g/mol. The second-order valence-corrected chi connectivity index (χ2v) is 8.00. The predicted molar refractivity (Wildman–Crippen MR) is 96.4 cm³/mol. The highest BCUT2D eigenvalue weighted by molar-refractivity contribution is 7.89. The average molecular weight is 403 g/mol. The van der Waals surface area contributed by atoms with E-state index < -0.39 is 10.0 Å². The zero-order chi connectivity index (χ0) is 19.7. The molecule has 0 aliphatic carbocycles. The standard InChI is InChI=1S/C17H17N5O5S/c1-25-13-5-4-12(8-14(13)26-2)28(23,24)22-9-11(10-22)17-20-16(21-27-17)15-18-6-3-7-19-15/h3-8,11H,9-10H2,1-2H3. The van der Waals surface area contributed by atoms with Gasteiger partial charge in [-0.25, -0.2) is 18.4 Å². The molecule has 10 nitrogen and oxygen atoms in total. The van der Waals surface area contributed by atoms with Gasteiger partial charge in [-0.3, -0.25) is 0 Å². The van der Waals surface area contributed by atoms with Gasteiger partial charge in [0.1, 0.15) is 0 Å². The topological polar surface area (TPSA) is 121 Å². The Kier molecular flexibility index (Phi) is 4.69. The highest BCUT2D eigenvalue weighted by atomic mass is 32.2. The van der Waals surface area contributed by atoms with E-state index in [1.165, 1.54) is 30.7 Å². The predicted octanol–water partition coefficient (Wildman–Crippen LogP) is 1.33. The van der Waals surface area contributed by atoms with E-state index >= 15 is 0 Å². The molecule has 1 aliphatic heterocycles. The van der Waals surface area contributed by atoms with E-state index in [-0.39, 0.29) is 29.7 Å². The Morgan fingerprint density at radius 3 is 2.46 bits per heavy atom. The molecule has 1 fully saturated rings. The highest BCUT2D eigenvalue weighted by Gasteiger charge is 2.40. The Morgan fingerprint density at radius 1 is 1.07 bits per heavy atom. The maximum absolute atomic E-state index is 12.8. The minimum absolute atomic E-state index is 0.132. The first-order valence-corrected chi connectivity index (χ1v) is 9.80. The Balaban J connectivity index is 1.48. The van der Waals surface area contributed by atoms with E-state index in [0.717, 1.165) is 0 Å². The molecule has 3 heterocycles. The first kappa shape index (κ1) is 18.3. The fourth-order valence-electron chi connectivity index (χ4n) is 2.82. The summed E-state index contributed by atoms with van der Waals surface area (Å²) in [6, 6.07) is 6.18. The Labute approximate surface area is 161 Å². The van der Waals surface area contributed by atoms with Gasteiger partial charge in [0.05, 0.1) is 25.0 Å². The Hall–Kier alpha value is -3.05. The van der Waals surface area contributed by atoms with Crippen LogP contribution in [0.3, 0.4) is 0 Å². The van der Waals surface area contributed by atoms with Crippen LogP contribution in [0.25, 0.3) is 11.6 Å². The Bertz CT molecular complexity index is 1080. The summed E-state index contributed by atoms with van der Waals surface area (Å²) in [4.78, 5) is 12.5. The van der Waals surface area contributed by atoms with E-state index in [1.54, 1.807) is 24.5 Å². The van der Waals surface area contributed by atoms with E-state index in [0.29, 0.717) is 23.2 Å². The van der Waals surface area contributed by atoms with Crippen LogP contribution in [0.15, 0.2) is 46.1 Å². The summed E-state index contributed by atoms with van der Waals surface area (Å²) in [7, 11) is -0.716. The van der Waals surface area contributed by atoms with Crippen LogP contribution in [-0.2, 0) is 10.0 Å². The van der Waals surface area contributed by atoms with Gasteiger partial charge in [0, 0.05) is 31.5 Å². The normalized spacial score (nSPS) is 15.2. The first-order chi connectivity index (χ1) is 13.5. The van der Waals surface area contributed by atoms with Gasteiger partial charge in [-0.2, -0.15) is 9.29 Å². The van der Waals surface area contributed by atoms with Crippen LogP contribution >= 0.6 is 0 Å². The van der Waals surface area contributed by atoms with Crippen molar-refractivity contribution in [3.05, 3.63) is 42.5 Å². The van der Waals surface area contributed by atoms with Crippen LogP contribution in [0.5, 0.6) is 11.5 Å². The third-order valence-corrected chi connectivity index (χ3v) is 6.23. The zero-order valence-electron chi connectivity index (χ0n) is 15.1. The van der Waals surface area contributed by atoms with E-state index in [9.17, 15) is 8.42 Å². The van der Waals surface area contributed by atoms with Crippen molar-refractivity contribution in [2.45, 2.75) is 10.8 Å². The SMILES string of the molecule is COc1ccc(S(=O)(=O)N2CC(c3nc(-c4ncccn4)no3)C2)cc1OC. The van der Waals surface area contributed by atoms with Crippen LogP contribution in [0.2, 0.25) is 0 Å². The maximum atomic E-state index is 12.8. The van der Waals surface area contributed by atoms with Gasteiger partial charge in [-0.1, -0.05) is 5.16 Å². The summed E-state index contributed by atoms with van der Waals surface area (Å²) in [5.41, 5.74) is 0. The van der Waals surface area contributed by atoms with Gasteiger partial charge < -0.3 is 14.0 Å². The molecule has 0 bridgehead atoms. The smallest absolute Gasteiger partial charge is 0.243 e. The molecule has 0 saturated carbocycles. The van der Waals surface area contributed by atoms with Crippen LogP contribution in [-0.4, -0.2) is 60.1 Å². The summed E-state index contributed by atoms with van der Waals surface area (Å²) < 4.78 is 42.6. The van der Waals surface area contributed by atoms with Crippen molar-refractivity contribution in [1.82, 2.24) is 24.4 Å². The van der Waals surface area contributed by atoms with Gasteiger partial charge in [-0.05, 0) is 18.2 Å². The number of rotatable bonds is 6. The highest BCUT2D eigenvalue weighted by Crippen LogP contribution is 2.35. The second kappa shape index (κ2) is 7.17. The molecule has 2 aromatic heterocycles. The monoisotopic (exact) mass is 403 g/mol. The lowest BCUT2D eigenvalue weighted by Gasteiger charge is -2.35. The van der Waals surface area contributed by atoms with Crippen LogP contribution in [0.1, 0.15) is 11.8 Å². The number of ether oxygens (including phenoxy) is 2. The fraction of sp³-hybridized carbons (Fsp3) is 0.294. The minimum Gasteiger partial charge on any atom is -0.493 e. The van der Waals surface area contributed by atoms with E-state index in [2.05, 4.69) is 20.1 Å². The Morgan fingerprint density at radius 2 is 1.79 bits per heavy atom. The largest absolute Gasteiger partial charge is 0.493 e. The van der Waals surface area contributed by atoms with E-state index in [1.807, 2.05) is 0 Å². The summed E-state index contributed by atoms with van der Waals surface area (Å²) in [6.07, 6.45) is 3.16. The number of benzene rings is 1. The van der Waals surface area contributed by atoms with Crippen molar-refractivity contribution in [3.63, 3.8) is 0 Å². The summed E-state index contributed by atoms with van der Waals surface area (Å²) >= 11 is 0. The summed E-state index contributed by atoms with van der Waals surface area (Å²) in [5.74, 6) is 1.62. The fourth-order valence-corrected chi connectivity index (χ4v) is 4.37. The van der Waals surface area contributed by atoms with Crippen molar-refractivity contribution in [2.75, 3.05) is 27.3 Å². The van der Waals surface area contributed by atoms with Gasteiger partial charge >= 0.3 is 0 Å². The summed E-state index contributed by atoms with van der Waals surface area (Å²) in [6.45, 7) is 0.488. The number of nitrogens with zero attached hydrogens (tertiary/aromatic N) is 5. The van der Waals surface area contributed by atoms with Crippen molar-refractivity contribution < 1.29 is 22.4 Å². The first-order valence-electron chi connectivity index (χ1n) is 8.36. The molecule has 0 radical (unpaired) electrons. The van der Waals surface area contributed by atoms with Crippen molar-refractivity contribution in [1.29, 1.82) is 0 Å². The molecule has 0 spiro atoms. The molecule has 11 heteroatoms. The third kappa shape index (κ3) is 3.18. The number of hydrogen-bond donors (Lipinski definition) is 0. The van der Waals surface area contributed by atoms with Gasteiger partial charge in [0.2, 0.25) is 27.6 Å². The molecule has 4 rings (SSSR count). The lowest BCUT2D eigenvalue weighted by atomic mass is 10.0. The van der Waals surface area contributed by atoms with Gasteiger partial charge in [-0.15, -0.1) is 0 Å². The van der Waals surface area contributed by atoms with Crippen LogP contribution in [0.4, 0.5) is 0 Å². The van der Waals surface area contributed by atoms with Crippen molar-refractivity contribution in [2.24, 2.45) is 0 Å². The number of aromatic nitrogens is 4. The van der Waals surface area contributed by atoms with E-state index in [4.69, 9.17) is 14.0 Å². The lowest BCUT2D eigenvalue weighted by Crippen LogP contribution is -2.48. The van der Waals surface area contributed by atoms with Crippen molar-refractivity contribution in [3.8, 4) is 23.1 Å². The van der Waals surface area contributed by atoms with Crippen molar-refractivity contribution >= 4 is 10.0 Å². The molecule has 0 atom stereocenters. The number of sulfonamides is 1. The third-order valence-electron chi connectivity index (χ3n) is 4.40. The molecule has 0 unspecified atom stereocenters. The molecule has 1 aliphatic rings. The molecular formula is C17H17N5O5S. The quantitative estimate of drug-likeness (QED) is 0.600. The summed E-state index contributed by atoms with van der Waals surface area (Å²) in [5, 5.41) is 3.87.